The summed E-state index contributed by atoms with van der Waals surface area (Å²) in [4.78, 5) is 0. The summed E-state index contributed by atoms with van der Waals surface area (Å²) in [7, 11) is -1.69. The standard InChI is InChI=1S/C30H50O2Si/c1-18(2)33(19(3)4,20(5)6)32-17-22-13-24(22)26-15-28(26)30-16-29(30)27-14-25(27)23-12-21(23)10-8-7-9-11-31/h7-10,18-31H,11-17H2,1-6H3/b9-7+,10-8+/t21-,22+,23+,24-,25-,26+,27+,28+,29-,30-/m0/s1. The van der Waals surface area contributed by atoms with Gasteiger partial charge in [-0.25, -0.2) is 0 Å². The summed E-state index contributed by atoms with van der Waals surface area (Å²) in [6.07, 6.45) is 15.9. The molecule has 3 heteroatoms. The molecule has 5 aliphatic carbocycles. The lowest BCUT2D eigenvalue weighted by Gasteiger charge is -2.42. The first-order valence-electron chi connectivity index (χ1n) is 14.4. The fourth-order valence-electron chi connectivity index (χ4n) is 8.69. The van der Waals surface area contributed by atoms with Crippen LogP contribution in [0.1, 0.15) is 73.6 Å². The third-order valence-electron chi connectivity index (χ3n) is 10.7. The van der Waals surface area contributed by atoms with Crippen molar-refractivity contribution in [2.24, 2.45) is 59.2 Å². The molecule has 2 nitrogen and oxygen atoms in total. The predicted molar refractivity (Wildman–Crippen MR) is 140 cm³/mol. The maximum atomic E-state index is 8.84. The van der Waals surface area contributed by atoms with Crippen LogP contribution in [-0.4, -0.2) is 26.6 Å². The Morgan fingerprint density at radius 1 is 0.697 bits per heavy atom. The van der Waals surface area contributed by atoms with Crippen LogP contribution in [0.5, 0.6) is 0 Å². The number of allylic oxidation sites excluding steroid dienone is 3. The van der Waals surface area contributed by atoms with Crippen LogP contribution in [-0.2, 0) is 4.43 Å². The van der Waals surface area contributed by atoms with Gasteiger partial charge in [-0.05, 0) is 108 Å². The van der Waals surface area contributed by atoms with Crippen LogP contribution < -0.4 is 0 Å². The molecule has 5 rings (SSSR count). The monoisotopic (exact) mass is 470 g/mol. The van der Waals surface area contributed by atoms with Crippen molar-refractivity contribution in [3.8, 4) is 0 Å². The highest BCUT2D eigenvalue weighted by Gasteiger charge is 2.66. The average molecular weight is 471 g/mol. The molecule has 5 fully saturated rings. The first-order chi connectivity index (χ1) is 15.8. The van der Waals surface area contributed by atoms with E-state index < -0.39 is 8.32 Å². The van der Waals surface area contributed by atoms with Gasteiger partial charge < -0.3 is 9.53 Å². The molecule has 0 radical (unpaired) electrons. The molecule has 0 heterocycles. The Bertz CT molecular complexity index is 733. The number of rotatable bonds is 13. The second kappa shape index (κ2) is 9.25. The summed E-state index contributed by atoms with van der Waals surface area (Å²) in [5, 5.41) is 8.84. The van der Waals surface area contributed by atoms with Gasteiger partial charge in [0.2, 0.25) is 0 Å². The second-order valence-electron chi connectivity index (χ2n) is 13.5. The van der Waals surface area contributed by atoms with E-state index in [9.17, 15) is 0 Å². The summed E-state index contributed by atoms with van der Waals surface area (Å²) in [5.41, 5.74) is 2.13. The molecule has 0 bridgehead atoms. The normalized spacial score (nSPS) is 43.9. The third kappa shape index (κ3) is 4.85. The van der Waals surface area contributed by atoms with E-state index >= 15 is 0 Å². The lowest BCUT2D eigenvalue weighted by molar-refractivity contribution is 0.252. The van der Waals surface area contributed by atoms with Crippen molar-refractivity contribution in [2.75, 3.05) is 13.2 Å². The molecule has 0 aromatic carbocycles. The molecule has 0 spiro atoms. The molecule has 186 valence electrons. The summed E-state index contributed by atoms with van der Waals surface area (Å²) in [6, 6.07) is 0. The van der Waals surface area contributed by atoms with Crippen molar-refractivity contribution in [1.82, 2.24) is 0 Å². The summed E-state index contributed by atoms with van der Waals surface area (Å²) >= 11 is 0. The molecular formula is C30H50O2Si. The fourth-order valence-corrected chi connectivity index (χ4v) is 14.2. The maximum Gasteiger partial charge on any atom is 0.200 e. The van der Waals surface area contributed by atoms with Gasteiger partial charge in [-0.1, -0.05) is 65.8 Å². The third-order valence-corrected chi connectivity index (χ3v) is 16.8. The molecule has 5 saturated carbocycles. The van der Waals surface area contributed by atoms with Crippen molar-refractivity contribution < 1.29 is 9.53 Å². The minimum absolute atomic E-state index is 0.152. The SMILES string of the molecule is CC(C)[Si](OC[C@H]1C[C@@H]1[C@H]1C[C@H]1[C@@H]1C[C@H]1[C@@H]1C[C@H]1[C@@H]1C[C@@H]1/C=C/C=C/CO)(C(C)C)C(C)C. The zero-order chi connectivity index (χ0) is 23.5. The zero-order valence-corrected chi connectivity index (χ0v) is 23.1. The van der Waals surface area contributed by atoms with Gasteiger partial charge in [0, 0.05) is 6.61 Å². The molecule has 1 N–H and O–H groups in total. The Hall–Kier alpha value is -0.383. The summed E-state index contributed by atoms with van der Waals surface area (Å²) in [5.74, 6) is 10.2. The summed E-state index contributed by atoms with van der Waals surface area (Å²) < 4.78 is 6.94. The molecule has 0 aromatic rings. The molecule has 0 aliphatic heterocycles. The van der Waals surface area contributed by atoms with Crippen LogP contribution in [0.2, 0.25) is 16.6 Å². The molecule has 0 unspecified atom stereocenters. The highest BCUT2D eigenvalue weighted by atomic mass is 28.4. The number of hydrogen-bond acceptors (Lipinski definition) is 2. The lowest BCUT2D eigenvalue weighted by Crippen LogP contribution is -2.48. The van der Waals surface area contributed by atoms with Gasteiger partial charge in [-0.2, -0.15) is 0 Å². The van der Waals surface area contributed by atoms with Crippen LogP contribution in [0.25, 0.3) is 0 Å². The Balaban J connectivity index is 1.02. The van der Waals surface area contributed by atoms with Gasteiger partial charge in [-0.15, -0.1) is 0 Å². The van der Waals surface area contributed by atoms with Crippen molar-refractivity contribution in [1.29, 1.82) is 0 Å². The van der Waals surface area contributed by atoms with Crippen LogP contribution in [0.15, 0.2) is 24.3 Å². The highest BCUT2D eigenvalue weighted by Crippen LogP contribution is 2.72. The second-order valence-corrected chi connectivity index (χ2v) is 19.0. The van der Waals surface area contributed by atoms with Gasteiger partial charge in [0.25, 0.3) is 0 Å². The Morgan fingerprint density at radius 3 is 1.73 bits per heavy atom. The molecule has 0 amide bonds. The van der Waals surface area contributed by atoms with Crippen molar-refractivity contribution in [3.63, 3.8) is 0 Å². The maximum absolute atomic E-state index is 8.84. The quantitative estimate of drug-likeness (QED) is 0.223. The van der Waals surface area contributed by atoms with Gasteiger partial charge in [-0.3, -0.25) is 0 Å². The van der Waals surface area contributed by atoms with Gasteiger partial charge in [0.1, 0.15) is 0 Å². The van der Waals surface area contributed by atoms with Crippen LogP contribution in [0, 0.1) is 59.2 Å². The molecule has 33 heavy (non-hydrogen) atoms. The van der Waals surface area contributed by atoms with E-state index in [1.54, 1.807) is 12.8 Å². The molecule has 0 saturated heterocycles. The lowest BCUT2D eigenvalue weighted by atomic mass is 10.1. The first kappa shape index (κ1) is 24.3. The van der Waals surface area contributed by atoms with Gasteiger partial charge in [0.15, 0.2) is 8.32 Å². The molecule has 5 aliphatic rings. The van der Waals surface area contributed by atoms with Crippen LogP contribution in [0.4, 0.5) is 0 Å². The smallest absolute Gasteiger partial charge is 0.200 e. The number of aliphatic hydroxyl groups is 1. The van der Waals surface area contributed by atoms with Crippen molar-refractivity contribution in [3.05, 3.63) is 24.3 Å². The predicted octanol–water partition coefficient (Wildman–Crippen LogP) is 7.46. The zero-order valence-electron chi connectivity index (χ0n) is 22.1. The Morgan fingerprint density at radius 2 is 1.21 bits per heavy atom. The minimum Gasteiger partial charge on any atom is -0.416 e. The average Bonchev–Trinajstić information content (AvgIpc) is 3.52. The van der Waals surface area contributed by atoms with E-state index in [1.165, 1.54) is 19.3 Å². The van der Waals surface area contributed by atoms with Gasteiger partial charge in [0.05, 0.1) is 6.61 Å². The van der Waals surface area contributed by atoms with E-state index in [0.717, 1.165) is 65.8 Å². The van der Waals surface area contributed by atoms with Crippen molar-refractivity contribution in [2.45, 2.75) is 90.3 Å². The Labute approximate surface area is 204 Å². The first-order valence-corrected chi connectivity index (χ1v) is 16.5. The number of hydrogen-bond donors (Lipinski definition) is 1. The fraction of sp³-hybridized carbons (Fsp3) is 0.867. The van der Waals surface area contributed by atoms with E-state index in [-0.39, 0.29) is 6.61 Å². The molecule has 10 atom stereocenters. The van der Waals surface area contributed by atoms with E-state index in [2.05, 4.69) is 53.7 Å². The van der Waals surface area contributed by atoms with Crippen molar-refractivity contribution >= 4 is 8.32 Å². The largest absolute Gasteiger partial charge is 0.416 e. The van der Waals surface area contributed by atoms with E-state index in [4.69, 9.17) is 9.53 Å². The molecule has 0 aromatic heterocycles. The topological polar surface area (TPSA) is 29.5 Å². The van der Waals surface area contributed by atoms with E-state index in [0.29, 0.717) is 16.6 Å². The Kier molecular flexibility index (Phi) is 6.81. The van der Waals surface area contributed by atoms with E-state index in [1.807, 2.05) is 12.2 Å². The summed E-state index contributed by atoms with van der Waals surface area (Å²) in [6.45, 7) is 15.7. The van der Waals surface area contributed by atoms with Crippen LogP contribution in [0.3, 0.4) is 0 Å². The van der Waals surface area contributed by atoms with Crippen LogP contribution >= 0.6 is 0 Å². The number of aliphatic hydroxyl groups excluding tert-OH is 1. The highest BCUT2D eigenvalue weighted by molar-refractivity contribution is 6.77. The van der Waals surface area contributed by atoms with Gasteiger partial charge >= 0.3 is 0 Å². The molecular weight excluding hydrogens is 420 g/mol. The minimum atomic E-state index is -1.69.